The van der Waals surface area contributed by atoms with Gasteiger partial charge in [0.15, 0.2) is 0 Å². The highest BCUT2D eigenvalue weighted by Crippen LogP contribution is 2.14. The van der Waals surface area contributed by atoms with E-state index in [-0.39, 0.29) is 24.8 Å². The van der Waals surface area contributed by atoms with Crippen molar-refractivity contribution in [3.8, 4) is 5.75 Å². The van der Waals surface area contributed by atoms with Gasteiger partial charge in [-0.25, -0.2) is 4.98 Å². The molecular formula is C9H14Cl2N2O3. The van der Waals surface area contributed by atoms with Crippen LogP contribution in [0.25, 0.3) is 0 Å². The van der Waals surface area contributed by atoms with Gasteiger partial charge in [-0.1, -0.05) is 0 Å². The molecular weight excluding hydrogens is 255 g/mol. The summed E-state index contributed by atoms with van der Waals surface area (Å²) in [6, 6.07) is 2.66. The van der Waals surface area contributed by atoms with Gasteiger partial charge in [-0.15, -0.1) is 24.8 Å². The van der Waals surface area contributed by atoms with Crippen LogP contribution in [-0.2, 0) is 4.79 Å². The molecule has 5 nitrogen and oxygen atoms in total. The molecule has 0 aliphatic rings. The number of aliphatic carboxylic acids is 1. The van der Waals surface area contributed by atoms with Crippen LogP contribution in [-0.4, -0.2) is 29.2 Å². The van der Waals surface area contributed by atoms with Crippen molar-refractivity contribution >= 4 is 36.6 Å². The molecule has 2 N–H and O–H groups in total. The molecule has 0 spiro atoms. The smallest absolute Gasteiger partial charge is 0.325 e. The number of nitrogens with zero attached hydrogens (tertiary/aromatic N) is 1. The zero-order valence-electron chi connectivity index (χ0n) is 8.84. The molecule has 0 aliphatic heterocycles. The summed E-state index contributed by atoms with van der Waals surface area (Å²) >= 11 is 0. The zero-order chi connectivity index (χ0) is 10.6. The molecule has 1 heterocycles. The first kappa shape index (κ1) is 17.2. The van der Waals surface area contributed by atoms with Crippen molar-refractivity contribution in [1.82, 2.24) is 4.98 Å². The van der Waals surface area contributed by atoms with Gasteiger partial charge in [0.25, 0.3) is 0 Å². The van der Waals surface area contributed by atoms with Gasteiger partial charge in [-0.3, -0.25) is 4.79 Å². The largest absolute Gasteiger partial charge is 0.497 e. The molecule has 0 aliphatic carbocycles. The fraction of sp³-hybridized carbons (Fsp3) is 0.333. The Morgan fingerprint density at radius 2 is 2.19 bits per heavy atom. The normalized spacial score (nSPS) is 10.4. The summed E-state index contributed by atoms with van der Waals surface area (Å²) in [6.07, 6.45) is 1.55. The van der Waals surface area contributed by atoms with Gasteiger partial charge in [0.2, 0.25) is 0 Å². The fourth-order valence-corrected chi connectivity index (χ4v) is 0.901. The van der Waals surface area contributed by atoms with Crippen LogP contribution in [0, 0.1) is 0 Å². The van der Waals surface area contributed by atoms with E-state index in [1.165, 1.54) is 0 Å². The van der Waals surface area contributed by atoms with Gasteiger partial charge in [0, 0.05) is 12.3 Å². The summed E-state index contributed by atoms with van der Waals surface area (Å²) in [4.78, 5) is 14.5. The number of hydrogen-bond acceptors (Lipinski definition) is 4. The number of carbonyl (C=O) groups is 1. The third-order valence-corrected chi connectivity index (χ3v) is 1.70. The number of halogens is 2. The maximum Gasteiger partial charge on any atom is 0.325 e. The minimum Gasteiger partial charge on any atom is -0.497 e. The van der Waals surface area contributed by atoms with E-state index in [4.69, 9.17) is 9.84 Å². The summed E-state index contributed by atoms with van der Waals surface area (Å²) in [5.41, 5.74) is 0. The van der Waals surface area contributed by atoms with Gasteiger partial charge in [0.1, 0.15) is 17.6 Å². The fourth-order valence-electron chi connectivity index (χ4n) is 0.901. The molecule has 0 amide bonds. The van der Waals surface area contributed by atoms with Crippen LogP contribution >= 0.6 is 24.8 Å². The summed E-state index contributed by atoms with van der Waals surface area (Å²) in [5, 5.41) is 11.4. The van der Waals surface area contributed by atoms with Crippen LogP contribution in [0.1, 0.15) is 6.92 Å². The van der Waals surface area contributed by atoms with Crippen molar-refractivity contribution in [3.05, 3.63) is 18.3 Å². The van der Waals surface area contributed by atoms with Crippen LogP contribution < -0.4 is 10.1 Å². The molecule has 7 heteroatoms. The maximum atomic E-state index is 10.5. The second-order valence-corrected chi connectivity index (χ2v) is 2.79. The second kappa shape index (κ2) is 8.01. The summed E-state index contributed by atoms with van der Waals surface area (Å²) < 4.78 is 4.97. The van der Waals surface area contributed by atoms with Gasteiger partial charge in [-0.2, -0.15) is 0 Å². The molecule has 1 atom stereocenters. The van der Waals surface area contributed by atoms with E-state index in [1.807, 2.05) is 0 Å². The Labute approximate surface area is 106 Å². The molecule has 1 rings (SSSR count). The first-order chi connectivity index (χ1) is 6.63. The van der Waals surface area contributed by atoms with Crippen LogP contribution in [0.2, 0.25) is 0 Å². The van der Waals surface area contributed by atoms with Crippen LogP contribution in [0.4, 0.5) is 5.82 Å². The molecule has 1 aromatic rings. The van der Waals surface area contributed by atoms with Crippen molar-refractivity contribution in [2.75, 3.05) is 12.4 Å². The molecule has 0 aromatic carbocycles. The van der Waals surface area contributed by atoms with Crippen LogP contribution in [0.15, 0.2) is 18.3 Å². The Hall–Kier alpha value is -1.20. The third kappa shape index (κ3) is 5.04. The highest BCUT2D eigenvalue weighted by Gasteiger charge is 2.10. The average molecular weight is 269 g/mol. The standard InChI is InChI=1S/C9H12N2O3.2ClH/c1-6(9(12)13)11-8-5-7(14-2)3-4-10-8;;/h3-6H,1-2H3,(H,10,11)(H,12,13);2*1H. The number of rotatable bonds is 4. The Morgan fingerprint density at radius 1 is 1.56 bits per heavy atom. The summed E-state index contributed by atoms with van der Waals surface area (Å²) in [6.45, 7) is 1.55. The molecule has 1 aromatic heterocycles. The van der Waals surface area contributed by atoms with Crippen molar-refractivity contribution in [2.45, 2.75) is 13.0 Å². The second-order valence-electron chi connectivity index (χ2n) is 2.79. The highest BCUT2D eigenvalue weighted by molar-refractivity contribution is 5.85. The number of ether oxygens (including phenoxy) is 1. The summed E-state index contributed by atoms with van der Waals surface area (Å²) in [7, 11) is 1.54. The first-order valence-electron chi connectivity index (χ1n) is 4.13. The SMILES string of the molecule is COc1ccnc(NC(C)C(=O)O)c1.Cl.Cl. The molecule has 92 valence electrons. The van der Waals surface area contributed by atoms with Gasteiger partial charge in [-0.05, 0) is 13.0 Å². The number of aromatic nitrogens is 1. The van der Waals surface area contributed by atoms with Crippen LogP contribution in [0.5, 0.6) is 5.75 Å². The lowest BCUT2D eigenvalue weighted by atomic mass is 10.3. The lowest BCUT2D eigenvalue weighted by Crippen LogP contribution is -2.25. The number of methoxy groups -OCH3 is 1. The average Bonchev–Trinajstić information content (AvgIpc) is 2.18. The number of pyridine rings is 1. The van der Waals surface area contributed by atoms with E-state index in [9.17, 15) is 4.79 Å². The molecule has 16 heavy (non-hydrogen) atoms. The van der Waals surface area contributed by atoms with Crippen molar-refractivity contribution in [1.29, 1.82) is 0 Å². The monoisotopic (exact) mass is 268 g/mol. The van der Waals surface area contributed by atoms with Gasteiger partial charge >= 0.3 is 5.97 Å². The molecule has 1 unspecified atom stereocenters. The number of nitrogens with one attached hydrogen (secondary N) is 1. The van der Waals surface area contributed by atoms with Crippen molar-refractivity contribution < 1.29 is 14.6 Å². The predicted molar refractivity (Wildman–Crippen MR) is 66.0 cm³/mol. The van der Waals surface area contributed by atoms with E-state index in [1.54, 1.807) is 32.4 Å². The van der Waals surface area contributed by atoms with E-state index < -0.39 is 12.0 Å². The zero-order valence-corrected chi connectivity index (χ0v) is 10.5. The molecule has 0 saturated heterocycles. The minimum absolute atomic E-state index is 0. The minimum atomic E-state index is -0.922. The topological polar surface area (TPSA) is 71.5 Å². The molecule has 0 fully saturated rings. The number of carboxylic acids is 1. The van der Waals surface area contributed by atoms with Gasteiger partial charge < -0.3 is 15.2 Å². The summed E-state index contributed by atoms with van der Waals surface area (Å²) in [5.74, 6) is 0.203. The Kier molecular flexibility index (Phi) is 8.61. The van der Waals surface area contributed by atoms with E-state index in [2.05, 4.69) is 10.3 Å². The molecule has 0 bridgehead atoms. The van der Waals surface area contributed by atoms with Gasteiger partial charge in [0.05, 0.1) is 7.11 Å². The Morgan fingerprint density at radius 3 is 2.69 bits per heavy atom. The lowest BCUT2D eigenvalue weighted by molar-refractivity contribution is -0.137. The van der Waals surface area contributed by atoms with E-state index in [0.29, 0.717) is 11.6 Å². The molecule has 0 saturated carbocycles. The Bertz CT molecular complexity index is 336. The van der Waals surface area contributed by atoms with Crippen molar-refractivity contribution in [2.24, 2.45) is 0 Å². The van der Waals surface area contributed by atoms with E-state index in [0.717, 1.165) is 0 Å². The quantitative estimate of drug-likeness (QED) is 0.872. The number of carboxylic acid groups (broad SMARTS) is 1. The third-order valence-electron chi connectivity index (χ3n) is 1.70. The molecule has 0 radical (unpaired) electrons. The van der Waals surface area contributed by atoms with E-state index >= 15 is 0 Å². The lowest BCUT2D eigenvalue weighted by Gasteiger charge is -2.10. The Balaban J connectivity index is 0. The predicted octanol–water partition coefficient (Wildman–Crippen LogP) is 1.82. The number of anilines is 1. The maximum absolute atomic E-state index is 10.5. The first-order valence-corrected chi connectivity index (χ1v) is 4.13. The number of hydrogen-bond donors (Lipinski definition) is 2. The highest BCUT2D eigenvalue weighted by atomic mass is 35.5. The van der Waals surface area contributed by atoms with Crippen LogP contribution in [0.3, 0.4) is 0 Å². The van der Waals surface area contributed by atoms with Crippen molar-refractivity contribution in [3.63, 3.8) is 0 Å².